The summed E-state index contributed by atoms with van der Waals surface area (Å²) in [7, 11) is 0. The van der Waals surface area contributed by atoms with Crippen molar-refractivity contribution in [3.8, 4) is 0 Å². The Morgan fingerprint density at radius 1 is 1.42 bits per heavy atom. The van der Waals surface area contributed by atoms with E-state index in [0.29, 0.717) is 5.16 Å². The molecule has 1 atom stereocenters. The van der Waals surface area contributed by atoms with Gasteiger partial charge >= 0.3 is 0 Å². The Kier molecular flexibility index (Phi) is 3.79. The highest BCUT2D eigenvalue weighted by Crippen LogP contribution is 2.35. The largest absolute Gasteiger partial charge is 0.336 e. The van der Waals surface area contributed by atoms with Gasteiger partial charge in [0.15, 0.2) is 5.82 Å². The van der Waals surface area contributed by atoms with Gasteiger partial charge in [0.1, 0.15) is 12.2 Å². The van der Waals surface area contributed by atoms with Gasteiger partial charge in [-0.15, -0.1) is 10.2 Å². The van der Waals surface area contributed by atoms with Crippen LogP contribution < -0.4 is 5.84 Å². The second kappa shape index (κ2) is 5.20. The zero-order valence-electron chi connectivity index (χ0n) is 11.6. The quantitative estimate of drug-likeness (QED) is 0.653. The van der Waals surface area contributed by atoms with E-state index in [0.717, 1.165) is 18.1 Å². The van der Waals surface area contributed by atoms with E-state index in [1.54, 1.807) is 16.4 Å². The molecule has 0 fully saturated rings. The summed E-state index contributed by atoms with van der Waals surface area (Å²) < 4.78 is 1.56. The summed E-state index contributed by atoms with van der Waals surface area (Å²) in [4.78, 5) is 4.18. The van der Waals surface area contributed by atoms with Crippen LogP contribution in [0.3, 0.4) is 0 Å². The Bertz CT molecular complexity index is 526. The number of nitrogens with one attached hydrogen (secondary N) is 1. The molecule has 0 aliphatic heterocycles. The standard InChI is InChI=1S/C11H19N7S/c1-5-7(8-13-6-14-15-8)19-10-17-16-9(18(10)12)11(2,3)4/h6-7H,5,12H2,1-4H3,(H,13,14,15). The lowest BCUT2D eigenvalue weighted by molar-refractivity contribution is 0.523. The zero-order valence-corrected chi connectivity index (χ0v) is 12.4. The molecule has 0 bridgehead atoms. The van der Waals surface area contributed by atoms with Crippen LogP contribution >= 0.6 is 11.8 Å². The van der Waals surface area contributed by atoms with Crippen molar-refractivity contribution < 1.29 is 0 Å². The number of rotatable bonds is 4. The summed E-state index contributed by atoms with van der Waals surface area (Å²) >= 11 is 1.54. The molecule has 0 aromatic carbocycles. The van der Waals surface area contributed by atoms with Crippen LogP contribution in [0.2, 0.25) is 0 Å². The molecule has 0 aliphatic carbocycles. The molecule has 0 saturated heterocycles. The first kappa shape index (κ1) is 13.9. The van der Waals surface area contributed by atoms with Crippen LogP contribution in [-0.2, 0) is 5.41 Å². The highest BCUT2D eigenvalue weighted by Gasteiger charge is 2.25. The van der Waals surface area contributed by atoms with Gasteiger partial charge in [0, 0.05) is 5.41 Å². The van der Waals surface area contributed by atoms with Crippen molar-refractivity contribution in [1.82, 2.24) is 30.1 Å². The Labute approximate surface area is 116 Å². The minimum atomic E-state index is -0.130. The predicted octanol–water partition coefficient (Wildman–Crippen LogP) is 1.65. The molecule has 0 amide bonds. The van der Waals surface area contributed by atoms with Crippen LogP contribution in [0.5, 0.6) is 0 Å². The van der Waals surface area contributed by atoms with Gasteiger partial charge in [-0.25, -0.2) is 9.66 Å². The number of hydrogen-bond donors (Lipinski definition) is 2. The molecule has 0 saturated carbocycles. The van der Waals surface area contributed by atoms with Gasteiger partial charge in [0.2, 0.25) is 5.16 Å². The van der Waals surface area contributed by atoms with Gasteiger partial charge in [-0.05, 0) is 6.42 Å². The number of nitrogens with zero attached hydrogens (tertiary/aromatic N) is 5. The third-order valence-electron chi connectivity index (χ3n) is 2.69. The van der Waals surface area contributed by atoms with Gasteiger partial charge in [-0.2, -0.15) is 5.10 Å². The number of hydrogen-bond acceptors (Lipinski definition) is 6. The van der Waals surface area contributed by atoms with E-state index >= 15 is 0 Å². The van der Waals surface area contributed by atoms with E-state index in [-0.39, 0.29) is 10.7 Å². The van der Waals surface area contributed by atoms with E-state index < -0.39 is 0 Å². The predicted molar refractivity (Wildman–Crippen MR) is 74.1 cm³/mol. The van der Waals surface area contributed by atoms with Crippen LogP contribution in [0, 0.1) is 0 Å². The van der Waals surface area contributed by atoms with E-state index in [2.05, 4.69) is 53.1 Å². The van der Waals surface area contributed by atoms with Crippen molar-refractivity contribution in [2.75, 3.05) is 5.84 Å². The molecule has 0 radical (unpaired) electrons. The van der Waals surface area contributed by atoms with Gasteiger partial charge in [-0.3, -0.25) is 5.10 Å². The van der Waals surface area contributed by atoms with Crippen molar-refractivity contribution in [1.29, 1.82) is 0 Å². The molecule has 2 rings (SSSR count). The lowest BCUT2D eigenvalue weighted by Gasteiger charge is -2.17. The van der Waals surface area contributed by atoms with Crippen LogP contribution in [0.1, 0.15) is 51.0 Å². The summed E-state index contributed by atoms with van der Waals surface area (Å²) in [5, 5.41) is 15.9. The lowest BCUT2D eigenvalue weighted by atomic mass is 9.96. The minimum Gasteiger partial charge on any atom is -0.336 e. The minimum absolute atomic E-state index is 0.130. The Hall–Kier alpha value is -1.57. The molecule has 2 aromatic heterocycles. The van der Waals surface area contributed by atoms with Gasteiger partial charge in [0.05, 0.1) is 5.25 Å². The SMILES string of the molecule is CCC(Sc1nnc(C(C)(C)C)n1N)c1ncn[nH]1. The third-order valence-corrected chi connectivity index (χ3v) is 4.02. The van der Waals surface area contributed by atoms with E-state index in [9.17, 15) is 0 Å². The summed E-state index contributed by atoms with van der Waals surface area (Å²) in [5.74, 6) is 7.66. The molecular weight excluding hydrogens is 262 g/mol. The number of thioether (sulfide) groups is 1. The maximum atomic E-state index is 6.07. The molecule has 2 heterocycles. The fourth-order valence-electron chi connectivity index (χ4n) is 1.70. The van der Waals surface area contributed by atoms with Crippen molar-refractivity contribution in [3.05, 3.63) is 18.0 Å². The number of H-pyrrole nitrogens is 1. The summed E-state index contributed by atoms with van der Waals surface area (Å²) in [6, 6.07) is 0. The number of nitrogen functional groups attached to an aromatic ring is 1. The molecule has 1 unspecified atom stereocenters. The van der Waals surface area contributed by atoms with Crippen molar-refractivity contribution in [3.63, 3.8) is 0 Å². The zero-order chi connectivity index (χ0) is 14.0. The number of aromatic nitrogens is 6. The summed E-state index contributed by atoms with van der Waals surface area (Å²) in [6.45, 7) is 8.26. The van der Waals surface area contributed by atoms with Crippen molar-refractivity contribution >= 4 is 11.8 Å². The van der Waals surface area contributed by atoms with E-state index in [1.807, 2.05) is 0 Å². The van der Waals surface area contributed by atoms with Crippen LogP contribution in [0.25, 0.3) is 0 Å². The van der Waals surface area contributed by atoms with Crippen LogP contribution in [0.15, 0.2) is 11.5 Å². The second-order valence-electron chi connectivity index (χ2n) is 5.31. The van der Waals surface area contributed by atoms with Crippen LogP contribution in [0.4, 0.5) is 0 Å². The fraction of sp³-hybridized carbons (Fsp3) is 0.636. The fourth-order valence-corrected chi connectivity index (χ4v) is 2.63. The molecule has 104 valence electrons. The van der Waals surface area contributed by atoms with Gasteiger partial charge in [-0.1, -0.05) is 39.5 Å². The number of nitrogens with two attached hydrogens (primary N) is 1. The monoisotopic (exact) mass is 281 g/mol. The molecule has 7 nitrogen and oxygen atoms in total. The first-order valence-corrected chi connectivity index (χ1v) is 7.04. The topological polar surface area (TPSA) is 98.3 Å². The molecule has 2 aromatic rings. The Morgan fingerprint density at radius 3 is 2.63 bits per heavy atom. The molecule has 19 heavy (non-hydrogen) atoms. The molecule has 0 aliphatic rings. The maximum absolute atomic E-state index is 6.07. The van der Waals surface area contributed by atoms with E-state index in [1.165, 1.54) is 6.33 Å². The maximum Gasteiger partial charge on any atom is 0.210 e. The van der Waals surface area contributed by atoms with Crippen LogP contribution in [-0.4, -0.2) is 30.1 Å². The second-order valence-corrected chi connectivity index (χ2v) is 6.48. The summed E-state index contributed by atoms with van der Waals surface area (Å²) in [5.41, 5.74) is -0.130. The van der Waals surface area contributed by atoms with Crippen molar-refractivity contribution in [2.45, 2.75) is 49.9 Å². The molecular formula is C11H19N7S. The lowest BCUT2D eigenvalue weighted by Crippen LogP contribution is -2.24. The van der Waals surface area contributed by atoms with Crippen molar-refractivity contribution in [2.24, 2.45) is 0 Å². The van der Waals surface area contributed by atoms with Gasteiger partial charge in [0.25, 0.3) is 0 Å². The molecule has 8 heteroatoms. The van der Waals surface area contributed by atoms with Gasteiger partial charge < -0.3 is 5.84 Å². The first-order chi connectivity index (χ1) is 8.93. The highest BCUT2D eigenvalue weighted by atomic mass is 32.2. The average molecular weight is 281 g/mol. The third kappa shape index (κ3) is 2.89. The normalized spacial score (nSPS) is 13.7. The molecule has 0 spiro atoms. The number of aromatic amines is 1. The Balaban J connectivity index is 2.22. The highest BCUT2D eigenvalue weighted by molar-refractivity contribution is 7.99. The smallest absolute Gasteiger partial charge is 0.210 e. The van der Waals surface area contributed by atoms with E-state index in [4.69, 9.17) is 5.84 Å². The first-order valence-electron chi connectivity index (χ1n) is 6.16. The Morgan fingerprint density at radius 2 is 2.16 bits per heavy atom. The summed E-state index contributed by atoms with van der Waals surface area (Å²) in [6.07, 6.45) is 2.41. The average Bonchev–Trinajstić information content (AvgIpc) is 2.95. The molecule has 3 N–H and O–H groups in total.